The van der Waals surface area contributed by atoms with E-state index in [4.69, 9.17) is 0 Å². The number of unbranched alkanes of at least 4 members (excludes halogenated alkanes) is 5. The molecular weight excluding hydrogens is 462 g/mol. The normalized spacial score (nSPS) is 44.0. The zero-order valence-corrected chi connectivity index (χ0v) is 24.3. The molecule has 4 aliphatic rings. The summed E-state index contributed by atoms with van der Waals surface area (Å²) in [6, 6.07) is 0. The summed E-state index contributed by atoms with van der Waals surface area (Å²) in [5, 5.41) is 36.6. The molecule has 0 aromatic heterocycles. The van der Waals surface area contributed by atoms with Crippen molar-refractivity contribution in [3.8, 4) is 0 Å². The maximum Gasteiger partial charge on any atom is 0.220 e. The zero-order chi connectivity index (χ0) is 26.8. The topological polar surface area (TPSA) is 89.8 Å². The van der Waals surface area contributed by atoms with Gasteiger partial charge in [0.1, 0.15) is 0 Å². The van der Waals surface area contributed by atoms with Gasteiger partial charge in [0.2, 0.25) is 5.91 Å². The van der Waals surface area contributed by atoms with E-state index < -0.39 is 0 Å². The predicted molar refractivity (Wildman–Crippen MR) is 149 cm³/mol. The Morgan fingerprint density at radius 3 is 2.43 bits per heavy atom. The first-order chi connectivity index (χ1) is 17.6. The molecule has 3 unspecified atom stereocenters. The second-order valence-electron chi connectivity index (χ2n) is 14.2. The molecule has 0 aliphatic heterocycles. The van der Waals surface area contributed by atoms with Crippen molar-refractivity contribution in [3.05, 3.63) is 0 Å². The number of amides is 1. The molecule has 0 spiro atoms. The van der Waals surface area contributed by atoms with Gasteiger partial charge in [0.05, 0.1) is 18.3 Å². The van der Waals surface area contributed by atoms with Crippen LogP contribution < -0.4 is 5.32 Å². The van der Waals surface area contributed by atoms with Crippen LogP contribution in [-0.4, -0.2) is 46.1 Å². The van der Waals surface area contributed by atoms with Crippen molar-refractivity contribution < 1.29 is 20.1 Å². The van der Waals surface area contributed by atoms with Crippen molar-refractivity contribution in [1.29, 1.82) is 0 Å². The highest BCUT2D eigenvalue weighted by Gasteiger charge is 2.65. The number of rotatable bonds is 11. The van der Waals surface area contributed by atoms with Crippen molar-refractivity contribution in [2.45, 2.75) is 142 Å². The maximum absolute atomic E-state index is 12.5. The van der Waals surface area contributed by atoms with E-state index in [-0.39, 0.29) is 41.0 Å². The summed E-state index contributed by atoms with van der Waals surface area (Å²) >= 11 is 0. The number of aliphatic hydroxyl groups excluding tert-OH is 3. The summed E-state index contributed by atoms with van der Waals surface area (Å²) in [5.74, 6) is 2.24. The largest absolute Gasteiger partial charge is 0.393 e. The second-order valence-corrected chi connectivity index (χ2v) is 14.2. The van der Waals surface area contributed by atoms with E-state index in [9.17, 15) is 20.1 Å². The van der Waals surface area contributed by atoms with Crippen LogP contribution in [-0.2, 0) is 4.79 Å². The smallest absolute Gasteiger partial charge is 0.220 e. The Bertz CT molecular complexity index is 759. The Kier molecular flexibility index (Phi) is 9.71. The fourth-order valence-electron chi connectivity index (χ4n) is 9.91. The number of nitrogens with one attached hydrogen (secondary N) is 1. The fraction of sp³-hybridized carbons (Fsp3) is 0.969. The monoisotopic (exact) mass is 519 g/mol. The highest BCUT2D eigenvalue weighted by Crippen LogP contribution is 2.68. The third-order valence-electron chi connectivity index (χ3n) is 12.2. The van der Waals surface area contributed by atoms with Crippen LogP contribution in [0, 0.1) is 46.3 Å². The van der Waals surface area contributed by atoms with Crippen LogP contribution in [0.1, 0.15) is 124 Å². The van der Waals surface area contributed by atoms with Crippen molar-refractivity contribution in [1.82, 2.24) is 5.32 Å². The molecule has 0 heterocycles. The average Bonchev–Trinajstić information content (AvgIpc) is 3.22. The molecule has 0 saturated heterocycles. The Labute approximate surface area is 226 Å². The summed E-state index contributed by atoms with van der Waals surface area (Å²) in [7, 11) is 0. The summed E-state index contributed by atoms with van der Waals surface area (Å²) < 4.78 is 0. The molecule has 0 aromatic carbocycles. The Hall–Kier alpha value is -0.650. The quantitative estimate of drug-likeness (QED) is 0.258. The van der Waals surface area contributed by atoms with Crippen LogP contribution in [0.15, 0.2) is 0 Å². The molecule has 1 amide bonds. The first-order valence-corrected chi connectivity index (χ1v) is 15.9. The highest BCUT2D eigenvalue weighted by molar-refractivity contribution is 5.75. The molecule has 11 atom stereocenters. The van der Waals surface area contributed by atoms with Crippen molar-refractivity contribution in [3.63, 3.8) is 0 Å². The molecule has 5 nitrogen and oxygen atoms in total. The molecule has 4 N–H and O–H groups in total. The van der Waals surface area contributed by atoms with Gasteiger partial charge in [0.25, 0.3) is 0 Å². The molecule has 214 valence electrons. The number of fused-ring (bicyclic) bond motifs is 5. The minimum absolute atomic E-state index is 0.114. The lowest BCUT2D eigenvalue weighted by Gasteiger charge is -2.63. The van der Waals surface area contributed by atoms with Gasteiger partial charge in [0.15, 0.2) is 0 Å². The van der Waals surface area contributed by atoms with E-state index in [1.165, 1.54) is 32.1 Å². The molecule has 4 rings (SSSR count). The van der Waals surface area contributed by atoms with Crippen molar-refractivity contribution in [2.75, 3.05) is 6.54 Å². The van der Waals surface area contributed by atoms with Crippen LogP contribution >= 0.6 is 0 Å². The lowest BCUT2D eigenvalue weighted by atomic mass is 9.43. The van der Waals surface area contributed by atoms with Crippen LogP contribution in [0.3, 0.4) is 0 Å². The molecule has 4 fully saturated rings. The minimum Gasteiger partial charge on any atom is -0.393 e. The minimum atomic E-state index is -0.357. The van der Waals surface area contributed by atoms with Crippen LogP contribution in [0.2, 0.25) is 0 Å². The van der Waals surface area contributed by atoms with Crippen LogP contribution in [0.5, 0.6) is 0 Å². The molecule has 0 bridgehead atoms. The van der Waals surface area contributed by atoms with E-state index in [1.54, 1.807) is 0 Å². The average molecular weight is 520 g/mol. The maximum atomic E-state index is 12.5. The van der Waals surface area contributed by atoms with Gasteiger partial charge in [0, 0.05) is 13.0 Å². The summed E-state index contributed by atoms with van der Waals surface area (Å²) in [4.78, 5) is 12.5. The number of aliphatic hydroxyl groups is 3. The van der Waals surface area contributed by atoms with E-state index in [2.05, 4.69) is 33.0 Å². The predicted octanol–water partition coefficient (Wildman–Crippen LogP) is 5.84. The van der Waals surface area contributed by atoms with Crippen molar-refractivity contribution >= 4 is 5.91 Å². The molecular formula is C32H57NO4. The summed E-state index contributed by atoms with van der Waals surface area (Å²) in [6.07, 6.45) is 14.3. The molecule has 4 saturated carbocycles. The van der Waals surface area contributed by atoms with E-state index in [0.29, 0.717) is 36.0 Å². The number of carbonyl (C=O) groups is 1. The molecule has 5 heteroatoms. The standard InChI is InChI=1S/C32H57NO4/c1-5-6-7-8-9-10-17-33-29(37)14-11-21(2)24-12-13-25-30-26(20-28(36)32(24,25)4)31(3)16-15-23(34)18-22(31)19-27(30)35/h21-28,30,34-36H,5-20H2,1-4H3,(H,33,37)/t21-,22?,23-,24-,25+,26+,27?,28+,30?,31+,32-/m1/s1. The van der Waals surface area contributed by atoms with Gasteiger partial charge in [-0.15, -0.1) is 0 Å². The van der Waals surface area contributed by atoms with Crippen LogP contribution in [0.25, 0.3) is 0 Å². The molecule has 4 aliphatic carbocycles. The lowest BCUT2D eigenvalue weighted by molar-refractivity contribution is -0.207. The zero-order valence-electron chi connectivity index (χ0n) is 24.3. The number of hydrogen-bond acceptors (Lipinski definition) is 4. The Balaban J connectivity index is 1.33. The van der Waals surface area contributed by atoms with Gasteiger partial charge in [-0.25, -0.2) is 0 Å². The van der Waals surface area contributed by atoms with Gasteiger partial charge in [-0.05, 0) is 104 Å². The summed E-state index contributed by atoms with van der Waals surface area (Å²) in [6.45, 7) is 10.0. The molecule has 0 radical (unpaired) electrons. The van der Waals surface area contributed by atoms with E-state index in [0.717, 1.165) is 64.3 Å². The lowest BCUT2D eigenvalue weighted by Crippen LogP contribution is -2.62. The van der Waals surface area contributed by atoms with Gasteiger partial charge >= 0.3 is 0 Å². The van der Waals surface area contributed by atoms with Gasteiger partial charge in [-0.3, -0.25) is 4.79 Å². The summed E-state index contributed by atoms with van der Waals surface area (Å²) in [5.41, 5.74) is -0.0723. The SMILES string of the molecule is CCCCCCCCNC(=O)CC[C@@H](C)[C@H]1CC[C@H]2C3C(O)CC4C[C@H](O)CC[C@]4(C)[C@H]3C[C@H](O)[C@]12C. The number of carbonyl (C=O) groups excluding carboxylic acids is 1. The van der Waals surface area contributed by atoms with E-state index in [1.807, 2.05) is 0 Å². The van der Waals surface area contributed by atoms with Crippen LogP contribution in [0.4, 0.5) is 0 Å². The third-order valence-corrected chi connectivity index (χ3v) is 12.2. The van der Waals surface area contributed by atoms with E-state index >= 15 is 0 Å². The van der Waals surface area contributed by atoms with Gasteiger partial charge in [-0.2, -0.15) is 0 Å². The second kappa shape index (κ2) is 12.3. The first-order valence-electron chi connectivity index (χ1n) is 15.9. The van der Waals surface area contributed by atoms with Crippen molar-refractivity contribution in [2.24, 2.45) is 46.3 Å². The van der Waals surface area contributed by atoms with Gasteiger partial charge < -0.3 is 20.6 Å². The fourth-order valence-corrected chi connectivity index (χ4v) is 9.91. The Morgan fingerprint density at radius 2 is 1.68 bits per heavy atom. The number of hydrogen-bond donors (Lipinski definition) is 4. The molecule has 0 aromatic rings. The highest BCUT2D eigenvalue weighted by atomic mass is 16.3. The Morgan fingerprint density at radius 1 is 0.946 bits per heavy atom. The van der Waals surface area contributed by atoms with Gasteiger partial charge in [-0.1, -0.05) is 59.8 Å². The third kappa shape index (κ3) is 5.80. The first kappa shape index (κ1) is 29.3. The molecule has 37 heavy (non-hydrogen) atoms.